The lowest BCUT2D eigenvalue weighted by atomic mass is 9.97. The number of hydrogen-bond acceptors (Lipinski definition) is 3. The maximum Gasteiger partial charge on any atom is 0.164 e. The molecule has 0 saturated heterocycles. The minimum absolute atomic E-state index is 0.312. The van der Waals surface area contributed by atoms with Crippen molar-refractivity contribution in [3.8, 4) is 62.1 Å². The fourth-order valence-electron chi connectivity index (χ4n) is 7.27. The van der Waals surface area contributed by atoms with Crippen LogP contribution in [0.5, 0.6) is 0 Å². The van der Waals surface area contributed by atoms with Gasteiger partial charge in [0.15, 0.2) is 17.5 Å². The molecule has 0 bridgehead atoms. The van der Waals surface area contributed by atoms with Crippen molar-refractivity contribution in [3.05, 3.63) is 181 Å². The molecule has 0 N–H and O–H groups in total. The Balaban J connectivity index is 1.30. The Morgan fingerprint density at radius 2 is 1.00 bits per heavy atom. The SMILES string of the molecule is Cc1cc(C)cc(-c2ccc3c(c2)c2ccccc2n3-c2ccc(-c3ccccc3F)c(-c3nc(-c4ccccc4)nc(-c4ccccc4)n3)c2)c1. The van der Waals surface area contributed by atoms with Gasteiger partial charge in [0.2, 0.25) is 0 Å². The van der Waals surface area contributed by atoms with E-state index >= 15 is 4.39 Å². The molecule has 4 nitrogen and oxygen atoms in total. The van der Waals surface area contributed by atoms with E-state index in [1.165, 1.54) is 28.3 Å². The van der Waals surface area contributed by atoms with E-state index in [1.807, 2.05) is 72.8 Å². The molecule has 0 aliphatic carbocycles. The molecule has 0 atom stereocenters. The second kappa shape index (κ2) is 12.9. The summed E-state index contributed by atoms with van der Waals surface area (Å²) < 4.78 is 17.9. The van der Waals surface area contributed by atoms with E-state index in [-0.39, 0.29) is 5.82 Å². The van der Waals surface area contributed by atoms with Gasteiger partial charge in [-0.25, -0.2) is 19.3 Å². The van der Waals surface area contributed by atoms with Crippen molar-refractivity contribution in [2.45, 2.75) is 13.8 Å². The van der Waals surface area contributed by atoms with Crippen molar-refractivity contribution in [1.82, 2.24) is 19.5 Å². The first-order valence-electron chi connectivity index (χ1n) is 17.4. The minimum Gasteiger partial charge on any atom is -0.309 e. The molecule has 0 spiro atoms. The van der Waals surface area contributed by atoms with Crippen LogP contribution < -0.4 is 0 Å². The Hall–Kier alpha value is -6.72. The van der Waals surface area contributed by atoms with Crippen LogP contribution in [-0.2, 0) is 0 Å². The van der Waals surface area contributed by atoms with E-state index < -0.39 is 0 Å². The largest absolute Gasteiger partial charge is 0.309 e. The normalized spacial score (nSPS) is 11.4. The zero-order valence-electron chi connectivity index (χ0n) is 28.8. The van der Waals surface area contributed by atoms with Crippen LogP contribution in [0, 0.1) is 19.7 Å². The maximum absolute atomic E-state index is 15.6. The zero-order chi connectivity index (χ0) is 35.2. The number of aryl methyl sites for hydroxylation is 2. The van der Waals surface area contributed by atoms with E-state index in [2.05, 4.69) is 91.2 Å². The topological polar surface area (TPSA) is 43.6 Å². The Kier molecular flexibility index (Phi) is 7.74. The van der Waals surface area contributed by atoms with E-state index in [0.717, 1.165) is 38.6 Å². The maximum atomic E-state index is 15.6. The highest BCUT2D eigenvalue weighted by Crippen LogP contribution is 2.39. The molecule has 9 aromatic rings. The molecule has 0 radical (unpaired) electrons. The molecule has 9 rings (SSSR count). The van der Waals surface area contributed by atoms with E-state index in [1.54, 1.807) is 12.1 Å². The van der Waals surface area contributed by atoms with Crippen molar-refractivity contribution in [3.63, 3.8) is 0 Å². The van der Waals surface area contributed by atoms with Gasteiger partial charge < -0.3 is 4.57 Å². The van der Waals surface area contributed by atoms with Gasteiger partial charge in [-0.15, -0.1) is 0 Å². The summed E-state index contributed by atoms with van der Waals surface area (Å²) in [6, 6.07) is 54.7. The first-order chi connectivity index (χ1) is 25.5. The Bertz CT molecular complexity index is 2690. The van der Waals surface area contributed by atoms with Crippen molar-refractivity contribution in [2.24, 2.45) is 0 Å². The third-order valence-corrected chi connectivity index (χ3v) is 9.59. The van der Waals surface area contributed by atoms with Crippen molar-refractivity contribution < 1.29 is 4.39 Å². The number of nitrogens with zero attached hydrogens (tertiary/aromatic N) is 4. The summed E-state index contributed by atoms with van der Waals surface area (Å²) in [5.41, 5.74) is 11.5. The summed E-state index contributed by atoms with van der Waals surface area (Å²) >= 11 is 0. The molecule has 7 aromatic carbocycles. The summed E-state index contributed by atoms with van der Waals surface area (Å²) in [5, 5.41) is 2.31. The smallest absolute Gasteiger partial charge is 0.164 e. The Morgan fingerprint density at radius 3 is 1.69 bits per heavy atom. The fourth-order valence-corrected chi connectivity index (χ4v) is 7.27. The van der Waals surface area contributed by atoms with Gasteiger partial charge in [-0.05, 0) is 66.9 Å². The molecule has 2 aromatic heterocycles. The van der Waals surface area contributed by atoms with E-state index in [4.69, 9.17) is 15.0 Å². The van der Waals surface area contributed by atoms with Crippen molar-refractivity contribution in [2.75, 3.05) is 0 Å². The molecule has 0 fully saturated rings. The zero-order valence-corrected chi connectivity index (χ0v) is 28.8. The lowest BCUT2D eigenvalue weighted by Crippen LogP contribution is -2.03. The second-order valence-electron chi connectivity index (χ2n) is 13.2. The molecule has 0 amide bonds. The molecule has 0 aliphatic rings. The first kappa shape index (κ1) is 31.3. The van der Waals surface area contributed by atoms with Gasteiger partial charge >= 0.3 is 0 Å². The third-order valence-electron chi connectivity index (χ3n) is 9.59. The summed E-state index contributed by atoms with van der Waals surface area (Å²) in [5.74, 6) is 1.24. The highest BCUT2D eigenvalue weighted by atomic mass is 19.1. The monoisotopic (exact) mass is 672 g/mol. The number of halogens is 1. The lowest BCUT2D eigenvalue weighted by Gasteiger charge is -2.16. The van der Waals surface area contributed by atoms with Crippen LogP contribution in [0.2, 0.25) is 0 Å². The van der Waals surface area contributed by atoms with Gasteiger partial charge in [0.1, 0.15) is 5.82 Å². The van der Waals surface area contributed by atoms with Crippen LogP contribution in [0.1, 0.15) is 11.1 Å². The number of aromatic nitrogens is 4. The standard InChI is InChI=1S/C47H33FN4/c1-30-25-31(2)27-35(26-30)34-21-24-44-40(28-34)39-18-10-12-20-43(39)52(44)36-22-23-37(38-17-9-11-19-42(38)48)41(29-36)47-50-45(32-13-5-3-6-14-32)49-46(51-47)33-15-7-4-8-16-33/h3-29H,1-2H3. The van der Waals surface area contributed by atoms with Crippen LogP contribution in [0.4, 0.5) is 4.39 Å². The molecule has 2 heterocycles. The number of hydrogen-bond donors (Lipinski definition) is 0. The average molecular weight is 673 g/mol. The van der Waals surface area contributed by atoms with Gasteiger partial charge in [-0.3, -0.25) is 0 Å². The van der Waals surface area contributed by atoms with Gasteiger partial charge in [0.25, 0.3) is 0 Å². The molecule has 0 aliphatic heterocycles. The summed E-state index contributed by atoms with van der Waals surface area (Å²) in [4.78, 5) is 15.1. The molecule has 0 saturated carbocycles. The van der Waals surface area contributed by atoms with E-state index in [9.17, 15) is 0 Å². The van der Waals surface area contributed by atoms with Gasteiger partial charge in [-0.2, -0.15) is 0 Å². The van der Waals surface area contributed by atoms with Gasteiger partial charge in [0, 0.05) is 38.7 Å². The van der Waals surface area contributed by atoms with Crippen LogP contribution in [0.25, 0.3) is 83.9 Å². The molecule has 0 unspecified atom stereocenters. The average Bonchev–Trinajstić information content (AvgIpc) is 3.52. The third kappa shape index (κ3) is 5.62. The first-order valence-corrected chi connectivity index (χ1v) is 17.4. The molecule has 5 heteroatoms. The van der Waals surface area contributed by atoms with Crippen LogP contribution in [0.15, 0.2) is 164 Å². The number of rotatable bonds is 6. The highest BCUT2D eigenvalue weighted by Gasteiger charge is 2.20. The highest BCUT2D eigenvalue weighted by molar-refractivity contribution is 6.10. The number of para-hydroxylation sites is 1. The second-order valence-corrected chi connectivity index (χ2v) is 13.2. The van der Waals surface area contributed by atoms with Gasteiger partial charge in [0.05, 0.1) is 11.0 Å². The molecular weight excluding hydrogens is 640 g/mol. The molecule has 52 heavy (non-hydrogen) atoms. The fraction of sp³-hybridized carbons (Fsp3) is 0.0426. The predicted octanol–water partition coefficient (Wildman–Crippen LogP) is 12.1. The Morgan fingerprint density at radius 1 is 0.404 bits per heavy atom. The van der Waals surface area contributed by atoms with Gasteiger partial charge in [-0.1, -0.05) is 139 Å². The predicted molar refractivity (Wildman–Crippen MR) is 211 cm³/mol. The number of benzene rings is 7. The van der Waals surface area contributed by atoms with E-state index in [0.29, 0.717) is 34.2 Å². The number of fused-ring (bicyclic) bond motifs is 3. The van der Waals surface area contributed by atoms with Crippen molar-refractivity contribution in [1.29, 1.82) is 0 Å². The molecule has 248 valence electrons. The minimum atomic E-state index is -0.312. The van der Waals surface area contributed by atoms with Crippen molar-refractivity contribution >= 4 is 21.8 Å². The summed E-state index contributed by atoms with van der Waals surface area (Å²) in [7, 11) is 0. The van der Waals surface area contributed by atoms with Crippen LogP contribution >= 0.6 is 0 Å². The summed E-state index contributed by atoms with van der Waals surface area (Å²) in [6.45, 7) is 4.28. The van der Waals surface area contributed by atoms with Crippen LogP contribution in [-0.4, -0.2) is 19.5 Å². The Labute approximate surface area is 301 Å². The van der Waals surface area contributed by atoms with Crippen LogP contribution in [0.3, 0.4) is 0 Å². The molecular formula is C47H33FN4. The quantitative estimate of drug-likeness (QED) is 0.177. The summed E-state index contributed by atoms with van der Waals surface area (Å²) in [6.07, 6.45) is 0. The lowest BCUT2D eigenvalue weighted by molar-refractivity contribution is 0.631.